The second-order valence-corrected chi connectivity index (χ2v) is 9.48. The molecule has 2 aromatic carbocycles. The number of rotatable bonds is 9. The molecule has 0 N–H and O–H groups in total. The van der Waals surface area contributed by atoms with Gasteiger partial charge in [-0.15, -0.1) is 10.2 Å². The number of carbonyl (C=O) groups is 1. The van der Waals surface area contributed by atoms with Crippen molar-refractivity contribution in [3.05, 3.63) is 70.5 Å². The third-order valence-electron chi connectivity index (χ3n) is 6.05. The summed E-state index contributed by atoms with van der Waals surface area (Å²) in [5.74, 6) is 2.79. The van der Waals surface area contributed by atoms with Gasteiger partial charge in [0.05, 0.1) is 0 Å². The molecule has 1 fully saturated rings. The van der Waals surface area contributed by atoms with Crippen molar-refractivity contribution in [1.82, 2.24) is 14.8 Å². The second kappa shape index (κ2) is 9.17. The van der Waals surface area contributed by atoms with Gasteiger partial charge in [-0.2, -0.15) is 0 Å². The number of aryl methyl sites for hydroxylation is 3. The van der Waals surface area contributed by atoms with Gasteiger partial charge in [-0.3, -0.25) is 4.79 Å². The van der Waals surface area contributed by atoms with E-state index in [1.54, 1.807) is 0 Å². The standard InChI is InChI=1S/C27H33N3O/c1-18(2)15-21-6-9-22(10-7-21)27-29-28-26(30(27)24-11-12-24)14-13-25(31)17-23-8-5-19(3)16-20(23)4/h5-10,16,18,24H,11-15,17H2,1-4H3. The summed E-state index contributed by atoms with van der Waals surface area (Å²) in [6.07, 6.45) is 5.07. The molecule has 1 saturated carbocycles. The third-order valence-corrected chi connectivity index (χ3v) is 6.05. The summed E-state index contributed by atoms with van der Waals surface area (Å²) in [5.41, 5.74) is 6.02. The predicted octanol–water partition coefficient (Wildman–Crippen LogP) is 5.84. The van der Waals surface area contributed by atoms with Crippen LogP contribution in [0.25, 0.3) is 11.4 Å². The minimum absolute atomic E-state index is 0.261. The van der Waals surface area contributed by atoms with Crippen molar-refractivity contribution >= 4 is 5.78 Å². The Balaban J connectivity index is 1.46. The molecule has 4 heteroatoms. The summed E-state index contributed by atoms with van der Waals surface area (Å²) in [4.78, 5) is 12.7. The van der Waals surface area contributed by atoms with Crippen LogP contribution in [-0.4, -0.2) is 20.5 Å². The van der Waals surface area contributed by atoms with Crippen molar-refractivity contribution < 1.29 is 4.79 Å². The minimum Gasteiger partial charge on any atom is -0.308 e. The first kappa shape index (κ1) is 21.5. The van der Waals surface area contributed by atoms with E-state index in [0.29, 0.717) is 31.2 Å². The van der Waals surface area contributed by atoms with Crippen molar-refractivity contribution in [3.8, 4) is 11.4 Å². The molecule has 0 atom stereocenters. The van der Waals surface area contributed by atoms with E-state index in [9.17, 15) is 4.79 Å². The third kappa shape index (κ3) is 5.30. The maximum absolute atomic E-state index is 12.7. The smallest absolute Gasteiger partial charge is 0.164 e. The van der Waals surface area contributed by atoms with Gasteiger partial charge in [-0.25, -0.2) is 0 Å². The molecule has 4 rings (SSSR count). The van der Waals surface area contributed by atoms with E-state index in [2.05, 4.69) is 84.9 Å². The maximum atomic E-state index is 12.7. The van der Waals surface area contributed by atoms with Gasteiger partial charge in [0.2, 0.25) is 0 Å². The van der Waals surface area contributed by atoms with Crippen molar-refractivity contribution in [3.63, 3.8) is 0 Å². The topological polar surface area (TPSA) is 47.8 Å². The molecule has 0 saturated heterocycles. The Morgan fingerprint density at radius 2 is 1.81 bits per heavy atom. The predicted molar refractivity (Wildman–Crippen MR) is 125 cm³/mol. The SMILES string of the molecule is Cc1ccc(CC(=O)CCc2nnc(-c3ccc(CC(C)C)cc3)n2C2CC2)c(C)c1. The lowest BCUT2D eigenvalue weighted by atomic mass is 9.99. The zero-order valence-corrected chi connectivity index (χ0v) is 19.2. The molecule has 1 heterocycles. The van der Waals surface area contributed by atoms with E-state index in [1.165, 1.54) is 29.5 Å². The molecule has 162 valence electrons. The number of benzene rings is 2. The van der Waals surface area contributed by atoms with E-state index in [0.717, 1.165) is 29.2 Å². The fourth-order valence-electron chi connectivity index (χ4n) is 4.26. The normalized spacial score (nSPS) is 13.7. The van der Waals surface area contributed by atoms with Crippen LogP contribution in [0, 0.1) is 19.8 Å². The van der Waals surface area contributed by atoms with Gasteiger partial charge in [0, 0.05) is 30.9 Å². The van der Waals surface area contributed by atoms with Crippen molar-refractivity contribution in [2.45, 2.75) is 72.3 Å². The Kier molecular flexibility index (Phi) is 6.35. The molecule has 1 aliphatic carbocycles. The molecule has 31 heavy (non-hydrogen) atoms. The van der Waals surface area contributed by atoms with Gasteiger partial charge in [0.15, 0.2) is 5.82 Å². The van der Waals surface area contributed by atoms with E-state index < -0.39 is 0 Å². The lowest BCUT2D eigenvalue weighted by Crippen LogP contribution is -2.09. The van der Waals surface area contributed by atoms with Gasteiger partial charge >= 0.3 is 0 Å². The molecular formula is C27H33N3O. The number of ketones is 1. The molecule has 0 amide bonds. The van der Waals surface area contributed by atoms with E-state index in [1.807, 2.05) is 0 Å². The van der Waals surface area contributed by atoms with Crippen LogP contribution in [0.15, 0.2) is 42.5 Å². The Morgan fingerprint density at radius 3 is 2.45 bits per heavy atom. The van der Waals surface area contributed by atoms with E-state index in [4.69, 9.17) is 0 Å². The highest BCUT2D eigenvalue weighted by atomic mass is 16.1. The van der Waals surface area contributed by atoms with Crippen LogP contribution in [0.1, 0.15) is 67.2 Å². The van der Waals surface area contributed by atoms with E-state index in [-0.39, 0.29) is 5.78 Å². The van der Waals surface area contributed by atoms with Gasteiger partial charge in [0.1, 0.15) is 11.6 Å². The average molecular weight is 416 g/mol. The van der Waals surface area contributed by atoms with E-state index >= 15 is 0 Å². The summed E-state index contributed by atoms with van der Waals surface area (Å²) in [6, 6.07) is 15.5. The monoisotopic (exact) mass is 415 g/mol. The quantitative estimate of drug-likeness (QED) is 0.441. The molecule has 4 nitrogen and oxygen atoms in total. The molecular weight excluding hydrogens is 382 g/mol. The van der Waals surface area contributed by atoms with Crippen LogP contribution in [-0.2, 0) is 24.1 Å². The summed E-state index contributed by atoms with van der Waals surface area (Å²) in [6.45, 7) is 8.65. The highest BCUT2D eigenvalue weighted by Gasteiger charge is 2.30. The summed E-state index contributed by atoms with van der Waals surface area (Å²) >= 11 is 0. The number of hydrogen-bond donors (Lipinski definition) is 0. The molecule has 0 unspecified atom stereocenters. The van der Waals surface area contributed by atoms with Crippen molar-refractivity contribution in [1.29, 1.82) is 0 Å². The Hall–Kier alpha value is -2.75. The zero-order chi connectivity index (χ0) is 22.0. The van der Waals surface area contributed by atoms with Crippen LogP contribution in [0.3, 0.4) is 0 Å². The van der Waals surface area contributed by atoms with Crippen LogP contribution >= 0.6 is 0 Å². The Bertz CT molecular complexity index is 1060. The fourth-order valence-corrected chi connectivity index (χ4v) is 4.26. The number of Topliss-reactive ketones (excluding diaryl/α,β-unsaturated/α-hetero) is 1. The first-order chi connectivity index (χ1) is 14.9. The van der Waals surface area contributed by atoms with Crippen LogP contribution < -0.4 is 0 Å². The number of nitrogens with zero attached hydrogens (tertiary/aromatic N) is 3. The van der Waals surface area contributed by atoms with Gasteiger partial charge in [-0.1, -0.05) is 61.9 Å². The highest BCUT2D eigenvalue weighted by molar-refractivity contribution is 5.81. The Labute approximate surface area is 185 Å². The van der Waals surface area contributed by atoms with Gasteiger partial charge in [-0.05, 0) is 55.7 Å². The first-order valence-corrected chi connectivity index (χ1v) is 11.5. The van der Waals surface area contributed by atoms with Crippen LogP contribution in [0.4, 0.5) is 0 Å². The molecule has 1 aliphatic rings. The lowest BCUT2D eigenvalue weighted by Gasteiger charge is -2.11. The largest absolute Gasteiger partial charge is 0.308 e. The maximum Gasteiger partial charge on any atom is 0.164 e. The number of aromatic nitrogens is 3. The molecule has 0 aliphatic heterocycles. The number of carbonyl (C=O) groups excluding carboxylic acids is 1. The molecule has 0 spiro atoms. The molecule has 0 radical (unpaired) electrons. The fraction of sp³-hybridized carbons (Fsp3) is 0.444. The first-order valence-electron chi connectivity index (χ1n) is 11.5. The minimum atomic E-state index is 0.261. The zero-order valence-electron chi connectivity index (χ0n) is 19.2. The van der Waals surface area contributed by atoms with Gasteiger partial charge in [0.25, 0.3) is 0 Å². The molecule has 0 bridgehead atoms. The second-order valence-electron chi connectivity index (χ2n) is 9.48. The van der Waals surface area contributed by atoms with Crippen molar-refractivity contribution in [2.75, 3.05) is 0 Å². The Morgan fingerprint density at radius 1 is 1.06 bits per heavy atom. The lowest BCUT2D eigenvalue weighted by molar-refractivity contribution is -0.118. The average Bonchev–Trinajstić information content (AvgIpc) is 3.48. The van der Waals surface area contributed by atoms with Gasteiger partial charge < -0.3 is 4.57 Å². The summed E-state index contributed by atoms with van der Waals surface area (Å²) < 4.78 is 2.28. The molecule has 1 aromatic heterocycles. The van der Waals surface area contributed by atoms with Crippen LogP contribution in [0.5, 0.6) is 0 Å². The highest BCUT2D eigenvalue weighted by Crippen LogP contribution is 2.39. The summed E-state index contributed by atoms with van der Waals surface area (Å²) in [7, 11) is 0. The summed E-state index contributed by atoms with van der Waals surface area (Å²) in [5, 5.41) is 9.02. The van der Waals surface area contributed by atoms with Crippen LogP contribution in [0.2, 0.25) is 0 Å². The van der Waals surface area contributed by atoms with Crippen molar-refractivity contribution in [2.24, 2.45) is 5.92 Å². The number of hydrogen-bond acceptors (Lipinski definition) is 3. The molecule has 3 aromatic rings.